The van der Waals surface area contributed by atoms with E-state index in [1.54, 1.807) is 6.26 Å². The van der Waals surface area contributed by atoms with Crippen molar-refractivity contribution in [2.45, 2.75) is 20.0 Å². The number of benzene rings is 1. The number of rotatable bonds is 9. The summed E-state index contributed by atoms with van der Waals surface area (Å²) in [6.45, 7) is 6.33. The van der Waals surface area contributed by atoms with Crippen molar-refractivity contribution in [2.24, 2.45) is 0 Å². The van der Waals surface area contributed by atoms with Gasteiger partial charge in [-0.25, -0.2) is 0 Å². The topological polar surface area (TPSA) is 37.6 Å². The summed E-state index contributed by atoms with van der Waals surface area (Å²) in [6.07, 6.45) is 1.70. The average molecular weight is 288 g/mol. The SMILES string of the molecule is CCNCc1ccc(OCCN(C)Cc2ccco2)cc1. The molecular formula is C17H24N2O2. The molecule has 0 atom stereocenters. The monoisotopic (exact) mass is 288 g/mol. The number of furan rings is 1. The van der Waals surface area contributed by atoms with E-state index in [0.29, 0.717) is 6.61 Å². The van der Waals surface area contributed by atoms with Gasteiger partial charge in [-0.05, 0) is 43.4 Å². The number of hydrogen-bond donors (Lipinski definition) is 1. The van der Waals surface area contributed by atoms with Crippen LogP contribution < -0.4 is 10.1 Å². The lowest BCUT2D eigenvalue weighted by Gasteiger charge is -2.15. The fraction of sp³-hybridized carbons (Fsp3) is 0.412. The van der Waals surface area contributed by atoms with Crippen LogP contribution in [-0.4, -0.2) is 31.6 Å². The van der Waals surface area contributed by atoms with E-state index < -0.39 is 0 Å². The van der Waals surface area contributed by atoms with E-state index in [0.717, 1.165) is 37.7 Å². The first-order valence-electron chi connectivity index (χ1n) is 7.41. The molecule has 0 bridgehead atoms. The summed E-state index contributed by atoms with van der Waals surface area (Å²) in [5.41, 5.74) is 1.28. The fourth-order valence-corrected chi connectivity index (χ4v) is 2.04. The number of ether oxygens (including phenoxy) is 1. The Balaban J connectivity index is 1.68. The lowest BCUT2D eigenvalue weighted by molar-refractivity contribution is 0.222. The van der Waals surface area contributed by atoms with Crippen LogP contribution in [0.25, 0.3) is 0 Å². The van der Waals surface area contributed by atoms with Crippen LogP contribution in [0.5, 0.6) is 5.75 Å². The lowest BCUT2D eigenvalue weighted by atomic mass is 10.2. The average Bonchev–Trinajstić information content (AvgIpc) is 2.99. The summed E-state index contributed by atoms with van der Waals surface area (Å²) >= 11 is 0. The lowest BCUT2D eigenvalue weighted by Crippen LogP contribution is -2.23. The third-order valence-electron chi connectivity index (χ3n) is 3.25. The Bertz CT molecular complexity index is 494. The summed E-state index contributed by atoms with van der Waals surface area (Å²) in [5.74, 6) is 1.90. The van der Waals surface area contributed by atoms with Crippen molar-refractivity contribution in [1.29, 1.82) is 0 Å². The molecule has 114 valence electrons. The second kappa shape index (κ2) is 8.49. The molecular weight excluding hydrogens is 264 g/mol. The van der Waals surface area contributed by atoms with E-state index in [4.69, 9.17) is 9.15 Å². The molecule has 0 aliphatic rings. The molecule has 4 heteroatoms. The van der Waals surface area contributed by atoms with Crippen LogP contribution in [0.2, 0.25) is 0 Å². The summed E-state index contributed by atoms with van der Waals surface area (Å²) in [6, 6.07) is 12.2. The predicted molar refractivity (Wildman–Crippen MR) is 84.4 cm³/mol. The van der Waals surface area contributed by atoms with Gasteiger partial charge < -0.3 is 14.5 Å². The van der Waals surface area contributed by atoms with Crippen LogP contribution >= 0.6 is 0 Å². The Kier molecular flexibility index (Phi) is 6.31. The van der Waals surface area contributed by atoms with Gasteiger partial charge in [0.2, 0.25) is 0 Å². The molecule has 0 radical (unpaired) electrons. The number of nitrogens with one attached hydrogen (secondary N) is 1. The van der Waals surface area contributed by atoms with Crippen molar-refractivity contribution in [3.63, 3.8) is 0 Å². The molecule has 1 aromatic heterocycles. The summed E-state index contributed by atoms with van der Waals surface area (Å²) in [7, 11) is 2.06. The first-order chi connectivity index (χ1) is 10.3. The van der Waals surface area contributed by atoms with Gasteiger partial charge in [0, 0.05) is 13.1 Å². The Hall–Kier alpha value is -1.78. The van der Waals surface area contributed by atoms with Gasteiger partial charge in [-0.3, -0.25) is 4.90 Å². The first-order valence-corrected chi connectivity index (χ1v) is 7.41. The maximum Gasteiger partial charge on any atom is 0.119 e. The number of hydrogen-bond acceptors (Lipinski definition) is 4. The maximum atomic E-state index is 5.76. The maximum absolute atomic E-state index is 5.76. The van der Waals surface area contributed by atoms with Crippen molar-refractivity contribution >= 4 is 0 Å². The Morgan fingerprint density at radius 2 is 2.00 bits per heavy atom. The Morgan fingerprint density at radius 1 is 1.19 bits per heavy atom. The minimum atomic E-state index is 0.670. The van der Waals surface area contributed by atoms with Crippen molar-refractivity contribution in [2.75, 3.05) is 26.7 Å². The molecule has 0 saturated carbocycles. The smallest absolute Gasteiger partial charge is 0.119 e. The molecule has 1 N–H and O–H groups in total. The largest absolute Gasteiger partial charge is 0.492 e. The highest BCUT2D eigenvalue weighted by atomic mass is 16.5. The van der Waals surface area contributed by atoms with Crippen LogP contribution in [0, 0.1) is 0 Å². The Morgan fingerprint density at radius 3 is 2.67 bits per heavy atom. The molecule has 1 heterocycles. The van der Waals surface area contributed by atoms with Gasteiger partial charge in [-0.1, -0.05) is 19.1 Å². The minimum Gasteiger partial charge on any atom is -0.492 e. The second-order valence-electron chi connectivity index (χ2n) is 5.09. The third kappa shape index (κ3) is 5.61. The zero-order valence-corrected chi connectivity index (χ0v) is 12.8. The summed E-state index contributed by atoms with van der Waals surface area (Å²) < 4.78 is 11.1. The molecule has 0 saturated heterocycles. The molecule has 0 aliphatic heterocycles. The summed E-state index contributed by atoms with van der Waals surface area (Å²) in [5, 5.41) is 3.31. The van der Waals surface area contributed by atoms with Crippen LogP contribution in [0.15, 0.2) is 47.1 Å². The van der Waals surface area contributed by atoms with Gasteiger partial charge >= 0.3 is 0 Å². The van der Waals surface area contributed by atoms with E-state index in [1.165, 1.54) is 5.56 Å². The first kappa shape index (κ1) is 15.6. The highest BCUT2D eigenvalue weighted by Crippen LogP contribution is 2.12. The zero-order chi connectivity index (χ0) is 14.9. The van der Waals surface area contributed by atoms with Gasteiger partial charge in [0.1, 0.15) is 18.1 Å². The molecule has 1 aromatic carbocycles. The zero-order valence-electron chi connectivity index (χ0n) is 12.8. The molecule has 21 heavy (non-hydrogen) atoms. The van der Waals surface area contributed by atoms with Crippen molar-refractivity contribution in [1.82, 2.24) is 10.2 Å². The highest BCUT2D eigenvalue weighted by molar-refractivity contribution is 5.27. The van der Waals surface area contributed by atoms with Gasteiger partial charge in [-0.2, -0.15) is 0 Å². The molecule has 2 rings (SSSR count). The van der Waals surface area contributed by atoms with Gasteiger partial charge in [0.25, 0.3) is 0 Å². The third-order valence-corrected chi connectivity index (χ3v) is 3.25. The van der Waals surface area contributed by atoms with Crippen LogP contribution in [0.4, 0.5) is 0 Å². The van der Waals surface area contributed by atoms with E-state index >= 15 is 0 Å². The van der Waals surface area contributed by atoms with E-state index in [9.17, 15) is 0 Å². The molecule has 2 aromatic rings. The van der Waals surface area contributed by atoms with Crippen LogP contribution in [0.1, 0.15) is 18.2 Å². The van der Waals surface area contributed by atoms with E-state index in [2.05, 4.69) is 36.3 Å². The van der Waals surface area contributed by atoms with Gasteiger partial charge in [0.05, 0.1) is 12.8 Å². The normalized spacial score (nSPS) is 11.0. The fourth-order valence-electron chi connectivity index (χ4n) is 2.04. The molecule has 0 spiro atoms. The number of likely N-dealkylation sites (N-methyl/N-ethyl adjacent to an activating group) is 1. The van der Waals surface area contributed by atoms with Gasteiger partial charge in [-0.15, -0.1) is 0 Å². The standard InChI is InChI=1S/C17H24N2O2/c1-3-18-13-15-6-8-16(9-7-15)21-12-10-19(2)14-17-5-4-11-20-17/h4-9,11,18H,3,10,12-14H2,1-2H3. The molecule has 0 aliphatic carbocycles. The number of nitrogens with zero attached hydrogens (tertiary/aromatic N) is 1. The van der Waals surface area contributed by atoms with Crippen LogP contribution in [0.3, 0.4) is 0 Å². The van der Waals surface area contributed by atoms with Crippen molar-refractivity contribution in [3.8, 4) is 5.75 Å². The van der Waals surface area contributed by atoms with Crippen LogP contribution in [-0.2, 0) is 13.1 Å². The minimum absolute atomic E-state index is 0.670. The molecule has 0 unspecified atom stereocenters. The molecule has 4 nitrogen and oxygen atoms in total. The Labute approximate surface area is 126 Å². The van der Waals surface area contributed by atoms with Crippen molar-refractivity contribution in [3.05, 3.63) is 54.0 Å². The van der Waals surface area contributed by atoms with E-state index in [-0.39, 0.29) is 0 Å². The summed E-state index contributed by atoms with van der Waals surface area (Å²) in [4.78, 5) is 2.18. The second-order valence-corrected chi connectivity index (χ2v) is 5.09. The van der Waals surface area contributed by atoms with Gasteiger partial charge in [0.15, 0.2) is 0 Å². The quantitative estimate of drug-likeness (QED) is 0.770. The predicted octanol–water partition coefficient (Wildman–Crippen LogP) is 2.90. The molecule has 0 amide bonds. The highest BCUT2D eigenvalue weighted by Gasteiger charge is 2.03. The molecule has 0 fully saturated rings. The van der Waals surface area contributed by atoms with E-state index in [1.807, 2.05) is 24.3 Å². The van der Waals surface area contributed by atoms with Crippen molar-refractivity contribution < 1.29 is 9.15 Å².